The fraction of sp³-hybridized carbons (Fsp3) is 0.571. The molecule has 17 nitrogen and oxygen atoms in total. The summed E-state index contributed by atoms with van der Waals surface area (Å²) in [5, 5.41) is 5.02. The minimum Gasteiger partial charge on any atom is -0.366 e. The van der Waals surface area contributed by atoms with Crippen LogP contribution in [0.5, 0.6) is 0 Å². The van der Waals surface area contributed by atoms with Crippen molar-refractivity contribution in [2.75, 3.05) is 56.0 Å². The van der Waals surface area contributed by atoms with Crippen molar-refractivity contribution < 1.29 is 40.8 Å². The largest absolute Gasteiger partial charge is 0.366 e. The minimum atomic E-state index is -3.52. The highest BCUT2D eigenvalue weighted by Gasteiger charge is 2.49. The van der Waals surface area contributed by atoms with Crippen LogP contribution in [0, 0.1) is 30.3 Å². The number of nitrogens with one attached hydrogen (secondary N) is 2. The molecule has 0 spiro atoms. The van der Waals surface area contributed by atoms with Gasteiger partial charge in [0.05, 0.1) is 33.8 Å². The van der Waals surface area contributed by atoms with Crippen molar-refractivity contribution in [2.45, 2.75) is 126 Å². The Kier molecular flexibility index (Phi) is 12.0. The van der Waals surface area contributed by atoms with E-state index in [2.05, 4.69) is 35.4 Å². The minimum absolute atomic E-state index is 0.00598. The lowest BCUT2D eigenvalue weighted by atomic mass is 9.87. The lowest BCUT2D eigenvalue weighted by Gasteiger charge is -2.52. The number of imide groups is 2. The summed E-state index contributed by atoms with van der Waals surface area (Å²) >= 11 is 0. The van der Waals surface area contributed by atoms with Gasteiger partial charge < -0.3 is 19.7 Å². The summed E-state index contributed by atoms with van der Waals surface area (Å²) in [7, 11) is -3.52. The van der Waals surface area contributed by atoms with E-state index in [4.69, 9.17) is 0 Å². The summed E-state index contributed by atoms with van der Waals surface area (Å²) in [4.78, 5) is 71.6. The normalized spacial score (nSPS) is 25.6. The molecule has 4 amide bonds. The molecule has 3 atom stereocenters. The lowest BCUT2D eigenvalue weighted by molar-refractivity contribution is -0.136. The van der Waals surface area contributed by atoms with Gasteiger partial charge in [0.25, 0.3) is 11.8 Å². The first kappa shape index (κ1) is 46.8. The van der Waals surface area contributed by atoms with Gasteiger partial charge in [-0.05, 0) is 122 Å². The van der Waals surface area contributed by atoms with Crippen LogP contribution >= 0.6 is 0 Å². The number of carbonyl (C=O) groups excluding carboxylic acids is 4. The highest BCUT2D eigenvalue weighted by atomic mass is 32.2. The molecule has 0 radical (unpaired) electrons. The first-order chi connectivity index (χ1) is 33.5. The van der Waals surface area contributed by atoms with Crippen molar-refractivity contribution in [2.24, 2.45) is 5.92 Å². The van der Waals surface area contributed by atoms with Gasteiger partial charge in [0, 0.05) is 74.9 Å². The van der Waals surface area contributed by atoms with Crippen LogP contribution in [0.2, 0.25) is 0 Å². The van der Waals surface area contributed by atoms with Crippen LogP contribution in [0.1, 0.15) is 111 Å². The van der Waals surface area contributed by atoms with Gasteiger partial charge in [-0.3, -0.25) is 34.3 Å². The monoisotopic (exact) mass is 985 g/mol. The average molecular weight is 986 g/mol. The topological polar surface area (TPSA) is 186 Å². The lowest BCUT2D eigenvalue weighted by Crippen LogP contribution is -2.64. The maximum atomic E-state index is 15.6. The van der Waals surface area contributed by atoms with E-state index in [1.807, 2.05) is 30.2 Å². The van der Waals surface area contributed by atoms with Gasteiger partial charge in [0.1, 0.15) is 28.9 Å². The highest BCUT2D eigenvalue weighted by molar-refractivity contribution is 7.89. The molecule has 0 saturated carbocycles. The van der Waals surface area contributed by atoms with Gasteiger partial charge in [-0.1, -0.05) is 0 Å². The number of aromatic nitrogens is 4. The Morgan fingerprint density at radius 2 is 1.49 bits per heavy atom. The molecule has 9 heterocycles. The number of benzene rings is 2. The molecular formula is C49H58F3N11O6S. The molecule has 2 bridgehead atoms. The molecule has 3 unspecified atom stereocenters. The average Bonchev–Trinajstić information content (AvgIpc) is 3.87. The number of anilines is 2. The summed E-state index contributed by atoms with van der Waals surface area (Å²) < 4.78 is 77.4. The van der Waals surface area contributed by atoms with Gasteiger partial charge in [-0.15, -0.1) is 0 Å². The summed E-state index contributed by atoms with van der Waals surface area (Å²) in [6.07, 6.45) is 7.64. The van der Waals surface area contributed by atoms with E-state index in [9.17, 15) is 27.6 Å². The fourth-order valence-corrected chi connectivity index (χ4v) is 14.7. The third-order valence-corrected chi connectivity index (χ3v) is 18.5. The molecule has 6 saturated heterocycles. The van der Waals surface area contributed by atoms with Crippen molar-refractivity contribution in [3.63, 3.8) is 0 Å². The van der Waals surface area contributed by atoms with E-state index in [-0.39, 0.29) is 70.5 Å². The summed E-state index contributed by atoms with van der Waals surface area (Å²) in [5.41, 5.74) is 1.28. The van der Waals surface area contributed by atoms with E-state index in [0.29, 0.717) is 81.2 Å². The van der Waals surface area contributed by atoms with E-state index < -0.39 is 62.4 Å². The zero-order valence-corrected chi connectivity index (χ0v) is 40.4. The standard InChI is InChI=1S/C49H58F3N11O6S/c1-26(2)61-27(3)54-45-38(51)18-29(19-42(45)61)44-39(52)22-53-49(57-44)55-30-8-14-60(15-9-30)70(68,69)34-10-12-58(13-11-34)23-28-16-31-4-5-32(17-28)62(31)33-24-59(25-33)41-21-36-35(20-37(41)50)47(66)63(48(36)67)40-6-7-43(64)56-46(40)65/h18-22,26,28,30-34,40H,4-17,23-25H2,1-3H3,(H,53,55,57)(H,56,64,65). The van der Waals surface area contributed by atoms with Crippen LogP contribution in [-0.2, 0) is 19.6 Å². The number of nitrogens with zero attached hydrogens (tertiary/aromatic N) is 9. The van der Waals surface area contributed by atoms with Gasteiger partial charge in [0.15, 0.2) is 11.6 Å². The van der Waals surface area contributed by atoms with Crippen LogP contribution < -0.4 is 15.5 Å². The second-order valence-electron chi connectivity index (χ2n) is 20.7. The predicted octanol–water partition coefficient (Wildman–Crippen LogP) is 5.00. The number of aryl methyl sites for hydroxylation is 1. The first-order valence-electron chi connectivity index (χ1n) is 24.8. The number of amides is 4. The van der Waals surface area contributed by atoms with Crippen molar-refractivity contribution in [3.05, 3.63) is 64.9 Å². The number of likely N-dealkylation sites (tertiary alicyclic amines) is 1. The quantitative estimate of drug-likeness (QED) is 0.192. The number of hydrogen-bond acceptors (Lipinski definition) is 13. The summed E-state index contributed by atoms with van der Waals surface area (Å²) in [6, 6.07) is 5.31. The van der Waals surface area contributed by atoms with Crippen LogP contribution in [0.15, 0.2) is 30.5 Å². The Labute approximate surface area is 404 Å². The Morgan fingerprint density at radius 1 is 0.800 bits per heavy atom. The second kappa shape index (κ2) is 18.0. The predicted molar refractivity (Wildman–Crippen MR) is 253 cm³/mol. The van der Waals surface area contributed by atoms with Crippen molar-refractivity contribution in [1.82, 2.24) is 43.8 Å². The Bertz CT molecular complexity index is 2900. The number of rotatable bonds is 11. The molecule has 70 heavy (non-hydrogen) atoms. The second-order valence-corrected chi connectivity index (χ2v) is 22.9. The van der Waals surface area contributed by atoms with Gasteiger partial charge >= 0.3 is 0 Å². The molecule has 11 rings (SSSR count). The SMILES string of the molecule is Cc1nc2c(F)cc(-c3nc(NC4CCN(S(=O)(=O)C5CCN(CC6CC7CCC(C6)N7C6CN(c7cc8c(cc7F)C(=O)N(C7CCC(=O)NC7=O)C8=O)C6)CC5)CC4)ncc3F)cc2n1C(C)C. The number of imidazole rings is 1. The number of sulfonamides is 1. The number of hydrogen-bond donors (Lipinski definition) is 2. The molecule has 4 aromatic rings. The summed E-state index contributed by atoms with van der Waals surface area (Å²) in [6.45, 7) is 10.0. The number of halogens is 3. The third kappa shape index (κ3) is 8.22. The number of piperidine rings is 4. The molecule has 6 fully saturated rings. The van der Waals surface area contributed by atoms with Crippen molar-refractivity contribution in [1.29, 1.82) is 0 Å². The molecule has 372 valence electrons. The molecule has 2 aromatic carbocycles. The number of carbonyl (C=O) groups is 4. The van der Waals surface area contributed by atoms with Crippen molar-refractivity contribution >= 4 is 56.3 Å². The van der Waals surface area contributed by atoms with Gasteiger partial charge in [-0.2, -0.15) is 0 Å². The Balaban J connectivity index is 0.643. The number of fused-ring (bicyclic) bond motifs is 4. The zero-order chi connectivity index (χ0) is 48.9. The molecule has 21 heteroatoms. The molecule has 7 aliphatic heterocycles. The van der Waals surface area contributed by atoms with Gasteiger partial charge in [0.2, 0.25) is 27.8 Å². The molecular weight excluding hydrogens is 928 g/mol. The maximum Gasteiger partial charge on any atom is 0.262 e. The molecule has 2 aromatic heterocycles. The van der Waals surface area contributed by atoms with Crippen LogP contribution in [0.25, 0.3) is 22.3 Å². The van der Waals surface area contributed by atoms with E-state index >= 15 is 13.2 Å². The van der Waals surface area contributed by atoms with E-state index in [1.54, 1.807) is 10.4 Å². The molecule has 7 aliphatic rings. The summed E-state index contributed by atoms with van der Waals surface area (Å²) in [5.74, 6) is -3.04. The smallest absolute Gasteiger partial charge is 0.262 e. The first-order valence-corrected chi connectivity index (χ1v) is 26.3. The van der Waals surface area contributed by atoms with E-state index in [0.717, 1.165) is 62.5 Å². The molecule has 0 aliphatic carbocycles. The molecule has 2 N–H and O–H groups in total. The fourth-order valence-electron chi connectivity index (χ4n) is 12.7. The third-order valence-electron chi connectivity index (χ3n) is 16.1. The van der Waals surface area contributed by atoms with E-state index in [1.165, 1.54) is 12.1 Å². The van der Waals surface area contributed by atoms with Crippen LogP contribution in [-0.4, -0.2) is 152 Å². The zero-order valence-electron chi connectivity index (χ0n) is 39.5. The highest BCUT2D eigenvalue weighted by Crippen LogP contribution is 2.44. The van der Waals surface area contributed by atoms with Crippen LogP contribution in [0.3, 0.4) is 0 Å². The van der Waals surface area contributed by atoms with Gasteiger partial charge in [-0.25, -0.2) is 40.8 Å². The van der Waals surface area contributed by atoms with Crippen LogP contribution in [0.4, 0.5) is 24.8 Å². The maximum absolute atomic E-state index is 15.6. The Hall–Kier alpha value is -5.51. The Morgan fingerprint density at radius 3 is 2.16 bits per heavy atom. The van der Waals surface area contributed by atoms with Crippen molar-refractivity contribution in [3.8, 4) is 11.3 Å².